The minimum Gasteiger partial charge on any atom is -0.418 e. The fraction of sp³-hybridized carbons (Fsp3) is 0.143. The zero-order valence-electron chi connectivity index (χ0n) is 11.5. The molecule has 1 aromatic carbocycles. The number of aryl methyl sites for hydroxylation is 1. The number of rotatable bonds is 3. The van der Waals surface area contributed by atoms with Crippen molar-refractivity contribution >= 4 is 13.3 Å². The van der Waals surface area contributed by atoms with Gasteiger partial charge < -0.3 is 17.3 Å². The highest BCUT2D eigenvalue weighted by molar-refractivity contribution is 6.50. The molecule has 4 radical (unpaired) electrons. The lowest BCUT2D eigenvalue weighted by atomic mass is 10.1. The van der Waals surface area contributed by atoms with Crippen LogP contribution in [0, 0.1) is 7.43 Å². The molecule has 21 heavy (non-hydrogen) atoms. The summed E-state index contributed by atoms with van der Waals surface area (Å²) in [6, 6.07) is 8.45. The number of benzene rings is 1. The van der Waals surface area contributed by atoms with E-state index in [0.717, 1.165) is 12.1 Å². The summed E-state index contributed by atoms with van der Waals surface area (Å²) >= 11 is 0. The molecule has 2 nitrogen and oxygen atoms in total. The number of halogens is 4. The van der Waals surface area contributed by atoms with Gasteiger partial charge in [-0.25, -0.2) is 9.13 Å². The molecule has 0 aliphatic carbocycles. The Balaban J connectivity index is 0.000000583. The van der Waals surface area contributed by atoms with Gasteiger partial charge in [0, 0.05) is 7.43 Å². The van der Waals surface area contributed by atoms with E-state index in [1.54, 1.807) is 0 Å². The number of nitrogens with zero attached hydrogens (tertiary/aromatic N) is 2. The second-order valence-electron chi connectivity index (χ2n) is 4.19. The smallest absolute Gasteiger partial charge is 0.418 e. The average Bonchev–Trinajstić information content (AvgIpc) is 2.74. The van der Waals surface area contributed by atoms with Crippen LogP contribution >= 0.6 is 0 Å². The van der Waals surface area contributed by atoms with Crippen LogP contribution in [-0.2, 0) is 13.6 Å². The maximum atomic E-state index is 9.75. The zero-order chi connectivity index (χ0) is 15.2. The maximum absolute atomic E-state index is 9.75. The Morgan fingerprint density at radius 2 is 1.71 bits per heavy atom. The Bertz CT molecular complexity index is 541. The van der Waals surface area contributed by atoms with Gasteiger partial charge in [-0.2, -0.15) is 0 Å². The van der Waals surface area contributed by atoms with E-state index in [9.17, 15) is 17.3 Å². The molecular weight excluding hydrogens is 283 g/mol. The molecule has 0 fully saturated rings. The molecule has 0 saturated carbocycles. The highest BCUT2D eigenvalue weighted by atomic mass is 19.5. The van der Waals surface area contributed by atoms with Crippen LogP contribution in [0.2, 0.25) is 0 Å². The molecule has 0 bridgehead atoms. The Labute approximate surface area is 122 Å². The molecule has 0 atom stereocenters. The second-order valence-corrected chi connectivity index (χ2v) is 4.19. The van der Waals surface area contributed by atoms with E-state index in [2.05, 4.69) is 47.9 Å². The lowest BCUT2D eigenvalue weighted by Crippen LogP contribution is -2.23. The summed E-state index contributed by atoms with van der Waals surface area (Å²) in [6.45, 7) is 4.65. The third kappa shape index (κ3) is 8.67. The predicted molar refractivity (Wildman–Crippen MR) is 74.7 cm³/mol. The molecule has 1 heterocycles. The van der Waals surface area contributed by atoms with Gasteiger partial charge in [-0.15, -0.1) is 0 Å². The van der Waals surface area contributed by atoms with Gasteiger partial charge in [-0.05, 0) is 11.1 Å². The van der Waals surface area contributed by atoms with Gasteiger partial charge >= 0.3 is 7.25 Å². The van der Waals surface area contributed by atoms with Crippen LogP contribution in [0.15, 0.2) is 49.6 Å². The highest BCUT2D eigenvalue weighted by Crippen LogP contribution is 2.07. The molecule has 0 saturated heterocycles. The quantitative estimate of drug-likeness (QED) is 0.466. The van der Waals surface area contributed by atoms with Crippen LogP contribution < -0.4 is 4.57 Å². The van der Waals surface area contributed by atoms with Crippen molar-refractivity contribution < 1.29 is 21.8 Å². The Morgan fingerprint density at radius 3 is 2.10 bits per heavy atom. The largest absolute Gasteiger partial charge is 0.673 e. The minimum absolute atomic E-state index is 0. The monoisotopic (exact) mass is 298 g/mol. The van der Waals surface area contributed by atoms with Crippen molar-refractivity contribution in [1.82, 2.24) is 4.57 Å². The maximum Gasteiger partial charge on any atom is 0.673 e. The summed E-state index contributed by atoms with van der Waals surface area (Å²) in [5.41, 5.74) is 2.47. The van der Waals surface area contributed by atoms with Gasteiger partial charge in [-0.3, -0.25) is 0 Å². The third-order valence-corrected chi connectivity index (χ3v) is 2.40. The van der Waals surface area contributed by atoms with E-state index in [0.29, 0.717) is 0 Å². The summed E-state index contributed by atoms with van der Waals surface area (Å²) in [7, 11) is -3.97. The lowest BCUT2D eigenvalue weighted by molar-refractivity contribution is -0.671. The average molecular weight is 298 g/mol. The number of imidazole rings is 1. The normalized spacial score (nSPS) is 10.1. The SMILES string of the molecule is C=Cc1ccc(Cn2cc[n+](C)c2)cc1.F[B-](F)(F)F.[C]. The molecule has 0 spiro atoms. The Morgan fingerprint density at radius 1 is 1.19 bits per heavy atom. The molecule has 0 amide bonds. The minimum atomic E-state index is -6.00. The predicted octanol–water partition coefficient (Wildman–Crippen LogP) is 3.39. The van der Waals surface area contributed by atoms with Crippen molar-refractivity contribution in [2.45, 2.75) is 6.54 Å². The van der Waals surface area contributed by atoms with Crippen molar-refractivity contribution in [3.05, 3.63) is 68.1 Å². The van der Waals surface area contributed by atoms with Crippen LogP contribution in [0.5, 0.6) is 0 Å². The molecule has 7 heteroatoms. The topological polar surface area (TPSA) is 8.81 Å². The fourth-order valence-corrected chi connectivity index (χ4v) is 1.57. The summed E-state index contributed by atoms with van der Waals surface area (Å²) < 4.78 is 43.2. The molecule has 1 aromatic heterocycles. The zero-order valence-corrected chi connectivity index (χ0v) is 11.5. The van der Waals surface area contributed by atoms with E-state index < -0.39 is 7.25 Å². The first-order valence-corrected chi connectivity index (χ1v) is 5.87. The van der Waals surface area contributed by atoms with Gasteiger partial charge in [0.15, 0.2) is 0 Å². The van der Waals surface area contributed by atoms with Crippen molar-refractivity contribution in [2.75, 3.05) is 0 Å². The highest BCUT2D eigenvalue weighted by Gasteiger charge is 2.20. The summed E-state index contributed by atoms with van der Waals surface area (Å²) in [5.74, 6) is 0. The molecule has 0 N–H and O–H groups in total. The first-order valence-electron chi connectivity index (χ1n) is 5.87. The van der Waals surface area contributed by atoms with Crippen molar-refractivity contribution in [3.63, 3.8) is 0 Å². The van der Waals surface area contributed by atoms with Crippen LogP contribution in [0.1, 0.15) is 11.1 Å². The van der Waals surface area contributed by atoms with Crippen LogP contribution in [0.25, 0.3) is 6.08 Å². The molecule has 2 aromatic rings. The lowest BCUT2D eigenvalue weighted by Gasteiger charge is -1.98. The number of hydrogen-bond donors (Lipinski definition) is 0. The fourth-order valence-electron chi connectivity index (χ4n) is 1.57. The van der Waals surface area contributed by atoms with Crippen molar-refractivity contribution in [3.8, 4) is 0 Å². The van der Waals surface area contributed by atoms with E-state index in [1.807, 2.05) is 23.9 Å². The summed E-state index contributed by atoms with van der Waals surface area (Å²) in [6.07, 6.45) is 8.04. The molecule has 2 rings (SSSR count). The second kappa shape index (κ2) is 8.29. The van der Waals surface area contributed by atoms with Gasteiger partial charge in [0.2, 0.25) is 6.33 Å². The molecule has 0 unspecified atom stereocenters. The number of hydrogen-bond acceptors (Lipinski definition) is 0. The van der Waals surface area contributed by atoms with Gasteiger partial charge in [0.05, 0.1) is 7.05 Å². The van der Waals surface area contributed by atoms with E-state index in [-0.39, 0.29) is 7.43 Å². The van der Waals surface area contributed by atoms with Crippen LogP contribution in [0.4, 0.5) is 17.3 Å². The molecule has 0 aliphatic heterocycles. The Kier molecular flexibility index (Phi) is 7.48. The van der Waals surface area contributed by atoms with E-state index >= 15 is 0 Å². The Hall–Kier alpha value is -2.05. The van der Waals surface area contributed by atoms with Gasteiger partial charge in [-0.1, -0.05) is 36.9 Å². The van der Waals surface area contributed by atoms with E-state index in [1.165, 1.54) is 5.56 Å². The van der Waals surface area contributed by atoms with Gasteiger partial charge in [0.25, 0.3) is 0 Å². The first kappa shape index (κ1) is 19.0. The first-order chi connectivity index (χ1) is 9.28. The molecule has 112 valence electrons. The van der Waals surface area contributed by atoms with E-state index in [4.69, 9.17) is 0 Å². The molecular formula is C14H15BF4N2. The third-order valence-electron chi connectivity index (χ3n) is 2.40. The van der Waals surface area contributed by atoms with Crippen molar-refractivity contribution in [1.29, 1.82) is 0 Å². The standard InChI is InChI=1S/C13H15N2.C.BF4/c1-3-12-4-6-13(7-5-12)10-15-9-8-14(2)11-15;;2-1(3,4)5/h3-9,11H,1,10H2,2H3;;/q+1;;-1. The number of aromatic nitrogens is 2. The summed E-state index contributed by atoms with van der Waals surface area (Å²) in [4.78, 5) is 0. The van der Waals surface area contributed by atoms with Crippen molar-refractivity contribution in [2.24, 2.45) is 7.05 Å². The van der Waals surface area contributed by atoms with Gasteiger partial charge in [0.1, 0.15) is 18.9 Å². The van der Waals surface area contributed by atoms with Crippen LogP contribution in [0.3, 0.4) is 0 Å². The summed E-state index contributed by atoms with van der Waals surface area (Å²) in [5, 5.41) is 0. The van der Waals surface area contributed by atoms with Crippen LogP contribution in [-0.4, -0.2) is 11.8 Å². The molecule has 0 aliphatic rings.